The summed E-state index contributed by atoms with van der Waals surface area (Å²) in [5, 5.41) is 3.45. The van der Waals surface area contributed by atoms with Gasteiger partial charge in [-0.1, -0.05) is 6.92 Å². The van der Waals surface area contributed by atoms with Gasteiger partial charge in [-0.3, -0.25) is 9.80 Å². The Hall–Kier alpha value is -0.160. The summed E-state index contributed by atoms with van der Waals surface area (Å²) in [7, 11) is 1.81. The standard InChI is InChI=1S/C13H27N3O/c1-3-14-9-13(11-17-2)16-8-7-15-6-4-5-12(15)10-16/h12-14H,3-11H2,1-2H3. The lowest BCUT2D eigenvalue weighted by atomic mass is 10.1. The molecule has 2 saturated heterocycles. The first-order chi connectivity index (χ1) is 8.35. The van der Waals surface area contributed by atoms with Gasteiger partial charge in [0.25, 0.3) is 0 Å². The molecule has 2 fully saturated rings. The lowest BCUT2D eigenvalue weighted by molar-refractivity contribution is 0.0345. The van der Waals surface area contributed by atoms with E-state index in [4.69, 9.17) is 4.74 Å². The van der Waals surface area contributed by atoms with E-state index in [-0.39, 0.29) is 0 Å². The van der Waals surface area contributed by atoms with Crippen LogP contribution in [0.15, 0.2) is 0 Å². The van der Waals surface area contributed by atoms with Crippen molar-refractivity contribution in [3.63, 3.8) is 0 Å². The molecule has 0 bridgehead atoms. The maximum Gasteiger partial charge on any atom is 0.0630 e. The molecule has 0 aliphatic carbocycles. The van der Waals surface area contributed by atoms with Crippen LogP contribution < -0.4 is 5.32 Å². The lowest BCUT2D eigenvalue weighted by Gasteiger charge is -2.41. The minimum Gasteiger partial charge on any atom is -0.383 e. The molecule has 0 aromatic rings. The summed E-state index contributed by atoms with van der Waals surface area (Å²) in [6, 6.07) is 1.35. The van der Waals surface area contributed by atoms with Gasteiger partial charge in [-0.05, 0) is 25.9 Å². The Labute approximate surface area is 105 Å². The second kappa shape index (κ2) is 6.69. The molecule has 2 aliphatic heterocycles. The topological polar surface area (TPSA) is 27.7 Å². The minimum absolute atomic E-state index is 0.544. The van der Waals surface area contributed by atoms with Crippen molar-refractivity contribution in [1.82, 2.24) is 15.1 Å². The van der Waals surface area contributed by atoms with Gasteiger partial charge in [-0.15, -0.1) is 0 Å². The predicted molar refractivity (Wildman–Crippen MR) is 70.4 cm³/mol. The average Bonchev–Trinajstić information content (AvgIpc) is 2.81. The third kappa shape index (κ3) is 3.41. The van der Waals surface area contributed by atoms with Crippen LogP contribution in [0.2, 0.25) is 0 Å². The van der Waals surface area contributed by atoms with Crippen molar-refractivity contribution < 1.29 is 4.74 Å². The molecular formula is C13H27N3O. The Bertz CT molecular complexity index is 225. The number of nitrogens with zero attached hydrogens (tertiary/aromatic N) is 2. The molecule has 0 amide bonds. The third-order valence-electron chi connectivity index (χ3n) is 4.12. The van der Waals surface area contributed by atoms with E-state index in [0.717, 1.165) is 25.7 Å². The summed E-state index contributed by atoms with van der Waals surface area (Å²) in [4.78, 5) is 5.28. The number of fused-ring (bicyclic) bond motifs is 1. The first-order valence-electron chi connectivity index (χ1n) is 7.03. The van der Waals surface area contributed by atoms with Crippen LogP contribution >= 0.6 is 0 Å². The molecule has 2 heterocycles. The molecule has 0 aromatic carbocycles. The fourth-order valence-corrected chi connectivity index (χ4v) is 3.14. The zero-order valence-corrected chi connectivity index (χ0v) is 11.3. The molecule has 17 heavy (non-hydrogen) atoms. The quantitative estimate of drug-likeness (QED) is 0.728. The SMILES string of the molecule is CCNCC(COC)N1CCN2CCCC2C1. The van der Waals surface area contributed by atoms with E-state index in [2.05, 4.69) is 22.0 Å². The van der Waals surface area contributed by atoms with Crippen LogP contribution in [0.4, 0.5) is 0 Å². The van der Waals surface area contributed by atoms with Crippen molar-refractivity contribution in [3.05, 3.63) is 0 Å². The van der Waals surface area contributed by atoms with E-state index in [1.165, 1.54) is 39.0 Å². The Morgan fingerprint density at radius 3 is 3.00 bits per heavy atom. The number of piperazine rings is 1. The van der Waals surface area contributed by atoms with Crippen LogP contribution in [-0.4, -0.2) is 74.9 Å². The maximum atomic E-state index is 5.37. The van der Waals surface area contributed by atoms with Crippen LogP contribution in [0.1, 0.15) is 19.8 Å². The largest absolute Gasteiger partial charge is 0.383 e. The Morgan fingerprint density at radius 2 is 2.24 bits per heavy atom. The summed E-state index contributed by atoms with van der Waals surface area (Å²) in [6.45, 7) is 10.1. The highest BCUT2D eigenvalue weighted by atomic mass is 16.5. The second-order valence-electron chi connectivity index (χ2n) is 5.24. The highest BCUT2D eigenvalue weighted by Gasteiger charge is 2.33. The fourth-order valence-electron chi connectivity index (χ4n) is 3.14. The number of ether oxygens (including phenoxy) is 1. The molecule has 2 rings (SSSR count). The fraction of sp³-hybridized carbons (Fsp3) is 1.00. The van der Waals surface area contributed by atoms with Crippen molar-refractivity contribution >= 4 is 0 Å². The molecule has 100 valence electrons. The van der Waals surface area contributed by atoms with Crippen molar-refractivity contribution in [2.75, 3.05) is 53.0 Å². The molecule has 0 aromatic heterocycles. The molecular weight excluding hydrogens is 214 g/mol. The van der Waals surface area contributed by atoms with Gasteiger partial charge < -0.3 is 10.1 Å². The van der Waals surface area contributed by atoms with Crippen molar-refractivity contribution in [2.45, 2.75) is 31.8 Å². The summed E-state index contributed by atoms with van der Waals surface area (Å²) in [5.41, 5.74) is 0. The van der Waals surface area contributed by atoms with Crippen LogP contribution in [0.3, 0.4) is 0 Å². The monoisotopic (exact) mass is 241 g/mol. The zero-order chi connectivity index (χ0) is 12.1. The van der Waals surface area contributed by atoms with Gasteiger partial charge >= 0.3 is 0 Å². The number of methoxy groups -OCH3 is 1. The molecule has 1 N–H and O–H groups in total. The van der Waals surface area contributed by atoms with E-state index in [1.54, 1.807) is 0 Å². The molecule has 2 aliphatic rings. The molecule has 4 nitrogen and oxygen atoms in total. The zero-order valence-electron chi connectivity index (χ0n) is 11.3. The van der Waals surface area contributed by atoms with Crippen LogP contribution in [-0.2, 0) is 4.74 Å². The van der Waals surface area contributed by atoms with Gasteiger partial charge in [-0.2, -0.15) is 0 Å². The van der Waals surface area contributed by atoms with Crippen LogP contribution in [0, 0.1) is 0 Å². The van der Waals surface area contributed by atoms with E-state index >= 15 is 0 Å². The molecule has 0 radical (unpaired) electrons. The average molecular weight is 241 g/mol. The molecule has 0 saturated carbocycles. The van der Waals surface area contributed by atoms with Crippen LogP contribution in [0.5, 0.6) is 0 Å². The van der Waals surface area contributed by atoms with Crippen molar-refractivity contribution in [3.8, 4) is 0 Å². The molecule has 2 atom stereocenters. The van der Waals surface area contributed by atoms with Gasteiger partial charge in [0.15, 0.2) is 0 Å². The van der Waals surface area contributed by atoms with Crippen molar-refractivity contribution in [1.29, 1.82) is 0 Å². The number of nitrogens with one attached hydrogen (secondary N) is 1. The molecule has 0 spiro atoms. The summed E-state index contributed by atoms with van der Waals surface area (Å²) in [5.74, 6) is 0. The third-order valence-corrected chi connectivity index (χ3v) is 4.12. The summed E-state index contributed by atoms with van der Waals surface area (Å²) < 4.78 is 5.37. The van der Waals surface area contributed by atoms with Gasteiger partial charge in [-0.25, -0.2) is 0 Å². The first-order valence-corrected chi connectivity index (χ1v) is 7.03. The number of hydrogen-bond donors (Lipinski definition) is 1. The van der Waals surface area contributed by atoms with E-state index < -0.39 is 0 Å². The maximum absolute atomic E-state index is 5.37. The molecule has 4 heteroatoms. The van der Waals surface area contributed by atoms with Crippen molar-refractivity contribution in [2.24, 2.45) is 0 Å². The Kier molecular flexibility index (Phi) is 5.22. The van der Waals surface area contributed by atoms with E-state index in [1.807, 2.05) is 7.11 Å². The van der Waals surface area contributed by atoms with Gasteiger partial charge in [0.2, 0.25) is 0 Å². The van der Waals surface area contributed by atoms with E-state index in [0.29, 0.717) is 6.04 Å². The number of rotatable bonds is 6. The second-order valence-corrected chi connectivity index (χ2v) is 5.24. The number of hydrogen-bond acceptors (Lipinski definition) is 4. The highest BCUT2D eigenvalue weighted by molar-refractivity contribution is 4.89. The smallest absolute Gasteiger partial charge is 0.0630 e. The van der Waals surface area contributed by atoms with E-state index in [9.17, 15) is 0 Å². The Balaban J connectivity index is 1.85. The lowest BCUT2D eigenvalue weighted by Crippen LogP contribution is -2.56. The molecule has 2 unspecified atom stereocenters. The first kappa shape index (κ1) is 13.3. The Morgan fingerprint density at radius 1 is 1.35 bits per heavy atom. The highest BCUT2D eigenvalue weighted by Crippen LogP contribution is 2.22. The van der Waals surface area contributed by atoms with Gasteiger partial charge in [0.05, 0.1) is 6.61 Å². The summed E-state index contributed by atoms with van der Waals surface area (Å²) in [6.07, 6.45) is 2.78. The van der Waals surface area contributed by atoms with Crippen LogP contribution in [0.25, 0.3) is 0 Å². The summed E-state index contributed by atoms with van der Waals surface area (Å²) >= 11 is 0. The predicted octanol–water partition coefficient (Wildman–Crippen LogP) is 0.391. The van der Waals surface area contributed by atoms with Gasteiger partial charge in [0.1, 0.15) is 0 Å². The minimum atomic E-state index is 0.544. The number of likely N-dealkylation sites (N-methyl/N-ethyl adjacent to an activating group) is 1. The normalized spacial score (nSPS) is 28.2. The van der Waals surface area contributed by atoms with Gasteiger partial charge in [0, 0.05) is 45.4 Å².